The van der Waals surface area contributed by atoms with E-state index < -0.39 is 0 Å². The highest BCUT2D eigenvalue weighted by atomic mass is 16.5. The van der Waals surface area contributed by atoms with Gasteiger partial charge in [0.15, 0.2) is 5.76 Å². The van der Waals surface area contributed by atoms with Gasteiger partial charge in [-0.3, -0.25) is 0 Å². The van der Waals surface area contributed by atoms with Crippen molar-refractivity contribution in [2.24, 2.45) is 5.41 Å². The topological polar surface area (TPSA) is 38.9 Å². The summed E-state index contributed by atoms with van der Waals surface area (Å²) >= 11 is 0. The van der Waals surface area contributed by atoms with Gasteiger partial charge >= 0.3 is 0 Å². The third-order valence-corrected chi connectivity index (χ3v) is 1.88. The molecule has 1 aromatic rings. The van der Waals surface area contributed by atoms with E-state index in [0.29, 0.717) is 0 Å². The van der Waals surface area contributed by atoms with Crippen molar-refractivity contribution in [3.63, 3.8) is 0 Å². The number of hydrogen-bond acceptors (Lipinski definition) is 3. The van der Waals surface area contributed by atoms with E-state index in [1.54, 1.807) is 0 Å². The Kier molecular flexibility index (Phi) is 1.40. The van der Waals surface area contributed by atoms with Crippen molar-refractivity contribution in [1.29, 1.82) is 0 Å². The Morgan fingerprint density at radius 2 is 2.00 bits per heavy atom. The third kappa shape index (κ3) is 1.18. The summed E-state index contributed by atoms with van der Waals surface area (Å²) in [5.41, 5.74) is 0.875. The van der Waals surface area contributed by atoms with Gasteiger partial charge in [0, 0.05) is 10.7 Å². The smallest absolute Gasteiger partial charge is 0.187 e. The fourth-order valence-electron chi connectivity index (χ4n) is 1.08. The second-order valence-electron chi connectivity index (χ2n) is 3.51. The van der Waals surface area contributed by atoms with Crippen molar-refractivity contribution < 1.29 is 4.52 Å². The Labute approximate surface area is 70.8 Å². The Balaban J connectivity index is 2.49. The van der Waals surface area contributed by atoms with Gasteiger partial charge < -0.3 is 4.52 Å². The second kappa shape index (κ2) is 2.30. The first-order valence-corrected chi connectivity index (χ1v) is 3.88. The molecule has 0 saturated heterocycles. The summed E-state index contributed by atoms with van der Waals surface area (Å²) in [6.45, 7) is 4.25. The Bertz CT molecular complexity index is 317. The normalized spacial score (nSPS) is 18.8. The van der Waals surface area contributed by atoms with Gasteiger partial charge in [-0.2, -0.15) is 0 Å². The van der Waals surface area contributed by atoms with Crippen LogP contribution in [0.4, 0.5) is 0 Å². The summed E-state index contributed by atoms with van der Waals surface area (Å²) in [6, 6.07) is 0. The van der Waals surface area contributed by atoms with Crippen LogP contribution >= 0.6 is 0 Å². The zero-order valence-electron chi connectivity index (χ0n) is 7.11. The molecule has 0 bridgehead atoms. The number of rotatable bonds is 0. The monoisotopic (exact) mass is 162 g/mol. The molecule has 12 heavy (non-hydrogen) atoms. The molecule has 0 N–H and O–H groups in total. The van der Waals surface area contributed by atoms with Crippen LogP contribution < -0.4 is 0 Å². The molecule has 0 aromatic carbocycles. The van der Waals surface area contributed by atoms with Crippen molar-refractivity contribution in [2.45, 2.75) is 13.8 Å². The van der Waals surface area contributed by atoms with E-state index in [0.717, 1.165) is 11.5 Å². The molecule has 0 fully saturated rings. The fraction of sp³-hybridized carbons (Fsp3) is 0.333. The molecule has 1 heterocycles. The van der Waals surface area contributed by atoms with Crippen LogP contribution in [0.3, 0.4) is 0 Å². The molecule has 0 aliphatic heterocycles. The standard InChI is InChI=1S/C9H10N2O/c1-9(2)5-3-7-8(4-6-9)12-11-10-7/h3-6H,1-2H3. The largest absolute Gasteiger partial charge is 0.337 e. The van der Waals surface area contributed by atoms with E-state index in [9.17, 15) is 0 Å². The van der Waals surface area contributed by atoms with Crippen LogP contribution in [-0.2, 0) is 0 Å². The molecule has 3 nitrogen and oxygen atoms in total. The molecular weight excluding hydrogens is 152 g/mol. The quantitative estimate of drug-likeness (QED) is 0.586. The van der Waals surface area contributed by atoms with Gasteiger partial charge in [0.05, 0.1) is 0 Å². The molecule has 0 amide bonds. The van der Waals surface area contributed by atoms with Gasteiger partial charge in [0.1, 0.15) is 5.69 Å². The summed E-state index contributed by atoms with van der Waals surface area (Å²) in [6.07, 6.45) is 8.00. The maximum atomic E-state index is 4.93. The summed E-state index contributed by atoms with van der Waals surface area (Å²) in [4.78, 5) is 0. The molecule has 0 unspecified atom stereocenters. The number of fused-ring (bicyclic) bond motifs is 1. The van der Waals surface area contributed by atoms with Gasteiger partial charge in [-0.25, -0.2) is 0 Å². The van der Waals surface area contributed by atoms with E-state index in [4.69, 9.17) is 4.52 Å². The van der Waals surface area contributed by atoms with Gasteiger partial charge in [-0.15, -0.1) is 5.10 Å². The summed E-state index contributed by atoms with van der Waals surface area (Å²) < 4.78 is 4.93. The van der Waals surface area contributed by atoms with Crippen LogP contribution in [-0.4, -0.2) is 10.4 Å². The van der Waals surface area contributed by atoms with Crippen molar-refractivity contribution in [2.75, 3.05) is 0 Å². The molecule has 2 rings (SSSR count). The zero-order valence-corrected chi connectivity index (χ0v) is 7.11. The van der Waals surface area contributed by atoms with E-state index in [-0.39, 0.29) is 5.41 Å². The first-order chi connectivity index (χ1) is 5.67. The Hall–Kier alpha value is -1.38. The lowest BCUT2D eigenvalue weighted by molar-refractivity contribution is 0.386. The van der Waals surface area contributed by atoms with Crippen molar-refractivity contribution in [3.8, 4) is 0 Å². The highest BCUT2D eigenvalue weighted by molar-refractivity contribution is 5.61. The highest BCUT2D eigenvalue weighted by Gasteiger charge is 2.14. The number of hydrogen-bond donors (Lipinski definition) is 0. The van der Waals surface area contributed by atoms with E-state index in [1.807, 2.05) is 12.2 Å². The minimum Gasteiger partial charge on any atom is -0.337 e. The maximum Gasteiger partial charge on any atom is 0.187 e. The first-order valence-electron chi connectivity index (χ1n) is 3.88. The number of allylic oxidation sites excluding steroid dienone is 2. The second-order valence-corrected chi connectivity index (χ2v) is 3.51. The molecule has 1 aliphatic carbocycles. The molecule has 0 saturated carbocycles. The average molecular weight is 162 g/mol. The van der Waals surface area contributed by atoms with E-state index >= 15 is 0 Å². The average Bonchev–Trinajstić information content (AvgIpc) is 2.40. The number of aromatic nitrogens is 2. The summed E-state index contributed by atoms with van der Waals surface area (Å²) in [7, 11) is 0. The van der Waals surface area contributed by atoms with Crippen LogP contribution in [0.15, 0.2) is 16.7 Å². The summed E-state index contributed by atoms with van der Waals surface area (Å²) in [5, 5.41) is 7.29. The van der Waals surface area contributed by atoms with Gasteiger partial charge in [-0.1, -0.05) is 26.0 Å². The van der Waals surface area contributed by atoms with Crippen LogP contribution in [0.1, 0.15) is 25.3 Å². The molecule has 3 heteroatoms. The zero-order chi connectivity index (χ0) is 8.60. The molecule has 0 radical (unpaired) electrons. The molecular formula is C9H10N2O. The van der Waals surface area contributed by atoms with Crippen molar-refractivity contribution in [3.05, 3.63) is 23.6 Å². The Morgan fingerprint density at radius 1 is 1.25 bits per heavy atom. The highest BCUT2D eigenvalue weighted by Crippen LogP contribution is 2.26. The molecule has 0 spiro atoms. The van der Waals surface area contributed by atoms with Crippen LogP contribution in [0.25, 0.3) is 12.2 Å². The fourth-order valence-corrected chi connectivity index (χ4v) is 1.08. The number of nitrogens with zero attached hydrogens (tertiary/aromatic N) is 2. The van der Waals surface area contributed by atoms with Gasteiger partial charge in [0.25, 0.3) is 0 Å². The molecule has 1 aromatic heterocycles. The molecule has 1 aliphatic rings. The van der Waals surface area contributed by atoms with Crippen molar-refractivity contribution >= 4 is 12.2 Å². The predicted molar refractivity (Wildman–Crippen MR) is 46.1 cm³/mol. The van der Waals surface area contributed by atoms with Crippen LogP contribution in [0.2, 0.25) is 0 Å². The Morgan fingerprint density at radius 3 is 2.83 bits per heavy atom. The summed E-state index contributed by atoms with van der Waals surface area (Å²) in [5.74, 6) is 0.733. The third-order valence-electron chi connectivity index (χ3n) is 1.88. The van der Waals surface area contributed by atoms with Gasteiger partial charge in [-0.05, 0) is 12.2 Å². The van der Waals surface area contributed by atoms with E-state index in [1.165, 1.54) is 0 Å². The van der Waals surface area contributed by atoms with Crippen LogP contribution in [0.5, 0.6) is 0 Å². The predicted octanol–water partition coefficient (Wildman–Crippen LogP) is 2.14. The lowest BCUT2D eigenvalue weighted by atomic mass is 9.93. The minimum atomic E-state index is 0.0726. The van der Waals surface area contributed by atoms with Crippen molar-refractivity contribution in [1.82, 2.24) is 10.4 Å². The lowest BCUT2D eigenvalue weighted by Gasteiger charge is -2.11. The molecule has 62 valence electrons. The van der Waals surface area contributed by atoms with E-state index in [2.05, 4.69) is 36.4 Å². The van der Waals surface area contributed by atoms with Gasteiger partial charge in [0.2, 0.25) is 0 Å². The first kappa shape index (κ1) is 7.28. The molecule has 0 atom stereocenters. The SMILES string of the molecule is CC1(C)C=Cc2nnoc2C=C1. The van der Waals surface area contributed by atoms with Crippen LogP contribution in [0, 0.1) is 5.41 Å². The maximum absolute atomic E-state index is 4.93. The lowest BCUT2D eigenvalue weighted by Crippen LogP contribution is -2.00. The minimum absolute atomic E-state index is 0.0726.